The Morgan fingerprint density at radius 3 is 2.84 bits per heavy atom. The third-order valence-electron chi connectivity index (χ3n) is 6.39. The third-order valence-corrected chi connectivity index (χ3v) is 6.84. The molecule has 6 nitrogen and oxygen atoms in total. The molecule has 2 saturated carbocycles. The van der Waals surface area contributed by atoms with Crippen LogP contribution in [0.25, 0.3) is 5.65 Å². The number of carbonyl (C=O) groups excluding carboxylic acids is 1. The standard InChI is InChI=1S/C18H25ClN4O2/c1-10-14(19)15-20-12(22-23(15)21-10)5-6-13(24)25-16-17(2,3)11-7-8-18(16,4)9-11/h11,16,21H,5-9H2,1-4H3. The maximum absolute atomic E-state index is 12.4. The van der Waals surface area contributed by atoms with E-state index in [9.17, 15) is 4.79 Å². The van der Waals surface area contributed by atoms with Gasteiger partial charge in [0.1, 0.15) is 11.1 Å². The number of H-pyrrole nitrogens is 1. The molecule has 0 radical (unpaired) electrons. The molecule has 136 valence electrons. The van der Waals surface area contributed by atoms with E-state index in [2.05, 4.69) is 36.0 Å². The Kier molecular flexibility index (Phi) is 3.69. The van der Waals surface area contributed by atoms with Gasteiger partial charge in [0.2, 0.25) is 0 Å². The number of aryl methyl sites for hydroxylation is 2. The third kappa shape index (κ3) is 2.57. The largest absolute Gasteiger partial charge is 0.461 e. The Hall–Kier alpha value is -1.56. The summed E-state index contributed by atoms with van der Waals surface area (Å²) in [6.07, 6.45) is 4.33. The molecule has 3 unspecified atom stereocenters. The predicted octanol–water partition coefficient (Wildman–Crippen LogP) is 3.71. The first-order valence-electron chi connectivity index (χ1n) is 9.00. The van der Waals surface area contributed by atoms with Gasteiger partial charge in [-0.25, -0.2) is 4.98 Å². The summed E-state index contributed by atoms with van der Waals surface area (Å²) in [6.45, 7) is 8.62. The maximum atomic E-state index is 12.4. The molecule has 0 aromatic carbocycles. The van der Waals surface area contributed by atoms with Crippen molar-refractivity contribution in [3.05, 3.63) is 16.5 Å². The van der Waals surface area contributed by atoms with Crippen LogP contribution < -0.4 is 0 Å². The van der Waals surface area contributed by atoms with Gasteiger partial charge in [-0.15, -0.1) is 5.10 Å². The average molecular weight is 365 g/mol. The number of nitrogens with zero attached hydrogens (tertiary/aromatic N) is 3. The number of aromatic nitrogens is 4. The van der Waals surface area contributed by atoms with E-state index >= 15 is 0 Å². The fourth-order valence-corrected chi connectivity index (χ4v) is 5.18. The van der Waals surface area contributed by atoms with Crippen molar-refractivity contribution in [2.75, 3.05) is 0 Å². The Bertz CT molecular complexity index is 835. The summed E-state index contributed by atoms with van der Waals surface area (Å²) in [6, 6.07) is 0. The molecule has 0 saturated heterocycles. The molecule has 0 spiro atoms. The molecule has 7 heteroatoms. The van der Waals surface area contributed by atoms with Crippen LogP contribution in [0.4, 0.5) is 0 Å². The number of fused-ring (bicyclic) bond motifs is 3. The Balaban J connectivity index is 1.40. The van der Waals surface area contributed by atoms with Crippen molar-refractivity contribution in [1.82, 2.24) is 19.8 Å². The minimum absolute atomic E-state index is 0.00732. The average Bonchev–Trinajstić information content (AvgIpc) is 3.23. The number of esters is 1. The van der Waals surface area contributed by atoms with Gasteiger partial charge in [-0.05, 0) is 32.1 Å². The molecule has 4 rings (SSSR count). The highest BCUT2D eigenvalue weighted by Crippen LogP contribution is 2.63. The molecule has 0 amide bonds. The van der Waals surface area contributed by atoms with Crippen LogP contribution in [-0.4, -0.2) is 31.9 Å². The molecule has 1 N–H and O–H groups in total. The number of halogens is 1. The van der Waals surface area contributed by atoms with Gasteiger partial charge in [0, 0.05) is 17.3 Å². The summed E-state index contributed by atoms with van der Waals surface area (Å²) in [7, 11) is 0. The van der Waals surface area contributed by atoms with E-state index < -0.39 is 0 Å². The van der Waals surface area contributed by atoms with Gasteiger partial charge < -0.3 is 4.74 Å². The highest BCUT2D eigenvalue weighted by molar-refractivity contribution is 6.34. The van der Waals surface area contributed by atoms with Crippen LogP contribution in [0.5, 0.6) is 0 Å². The fraction of sp³-hybridized carbons (Fsp3) is 0.722. The first-order valence-corrected chi connectivity index (χ1v) is 9.38. The lowest BCUT2D eigenvalue weighted by Crippen LogP contribution is -2.43. The Morgan fingerprint density at radius 2 is 2.20 bits per heavy atom. The molecular weight excluding hydrogens is 340 g/mol. The lowest BCUT2D eigenvalue weighted by atomic mass is 9.70. The number of nitrogens with one attached hydrogen (secondary N) is 1. The van der Waals surface area contributed by atoms with E-state index in [4.69, 9.17) is 16.3 Å². The highest BCUT2D eigenvalue weighted by atomic mass is 35.5. The smallest absolute Gasteiger partial charge is 0.306 e. The SMILES string of the molecule is Cc1[nH]n2nc(CCC(=O)OC3C4(C)CCC(C4)C3(C)C)nc2c1Cl. The molecule has 2 fully saturated rings. The second-order valence-electron chi connectivity index (χ2n) is 8.60. The van der Waals surface area contributed by atoms with Crippen molar-refractivity contribution in [2.45, 2.75) is 65.9 Å². The van der Waals surface area contributed by atoms with Gasteiger partial charge in [0.05, 0.1) is 12.1 Å². The highest BCUT2D eigenvalue weighted by Gasteiger charge is 2.61. The summed E-state index contributed by atoms with van der Waals surface area (Å²) in [5, 5.41) is 7.93. The first-order chi connectivity index (χ1) is 11.7. The van der Waals surface area contributed by atoms with E-state index in [0.717, 1.165) is 12.1 Å². The molecule has 2 aliphatic rings. The van der Waals surface area contributed by atoms with Crippen molar-refractivity contribution >= 4 is 23.2 Å². The van der Waals surface area contributed by atoms with Crippen molar-refractivity contribution in [2.24, 2.45) is 16.7 Å². The van der Waals surface area contributed by atoms with Gasteiger partial charge >= 0.3 is 5.97 Å². The van der Waals surface area contributed by atoms with Crippen LogP contribution in [-0.2, 0) is 16.0 Å². The lowest BCUT2D eigenvalue weighted by molar-refractivity contribution is -0.164. The predicted molar refractivity (Wildman–Crippen MR) is 94.5 cm³/mol. The molecule has 3 atom stereocenters. The molecule has 2 heterocycles. The molecule has 2 aliphatic carbocycles. The number of carbonyl (C=O) groups is 1. The molecular formula is C18H25ClN4O2. The number of hydrogen-bond donors (Lipinski definition) is 1. The second-order valence-corrected chi connectivity index (χ2v) is 8.98. The molecule has 25 heavy (non-hydrogen) atoms. The summed E-state index contributed by atoms with van der Waals surface area (Å²) in [5.41, 5.74) is 1.63. The number of ether oxygens (including phenoxy) is 1. The number of aromatic amines is 1. The van der Waals surface area contributed by atoms with Crippen LogP contribution in [0.15, 0.2) is 0 Å². The van der Waals surface area contributed by atoms with Gasteiger partial charge in [-0.2, -0.15) is 4.63 Å². The van der Waals surface area contributed by atoms with E-state index in [1.807, 2.05) is 6.92 Å². The Morgan fingerprint density at radius 1 is 1.44 bits per heavy atom. The van der Waals surface area contributed by atoms with Gasteiger partial charge in [0.15, 0.2) is 11.5 Å². The van der Waals surface area contributed by atoms with E-state index in [-0.39, 0.29) is 29.3 Å². The minimum Gasteiger partial charge on any atom is -0.461 e. The number of hydrogen-bond acceptors (Lipinski definition) is 4. The van der Waals surface area contributed by atoms with Crippen LogP contribution in [0.3, 0.4) is 0 Å². The van der Waals surface area contributed by atoms with E-state index in [1.165, 1.54) is 12.8 Å². The van der Waals surface area contributed by atoms with Crippen LogP contribution in [0, 0.1) is 23.7 Å². The van der Waals surface area contributed by atoms with Crippen molar-refractivity contribution in [3.8, 4) is 0 Å². The molecule has 2 aromatic heterocycles. The van der Waals surface area contributed by atoms with Crippen molar-refractivity contribution in [3.63, 3.8) is 0 Å². The normalized spacial score (nSPS) is 30.3. The quantitative estimate of drug-likeness (QED) is 0.839. The van der Waals surface area contributed by atoms with Crippen molar-refractivity contribution in [1.29, 1.82) is 0 Å². The minimum atomic E-state index is -0.160. The van der Waals surface area contributed by atoms with E-state index in [0.29, 0.717) is 28.8 Å². The summed E-state index contributed by atoms with van der Waals surface area (Å²) >= 11 is 6.17. The zero-order valence-corrected chi connectivity index (χ0v) is 16.0. The Labute approximate surface area is 152 Å². The summed E-state index contributed by atoms with van der Waals surface area (Å²) < 4.78 is 7.50. The summed E-state index contributed by atoms with van der Waals surface area (Å²) in [5.74, 6) is 1.10. The zero-order chi connectivity index (χ0) is 18.0. The maximum Gasteiger partial charge on any atom is 0.306 e. The molecule has 0 aliphatic heterocycles. The topological polar surface area (TPSA) is 72.3 Å². The van der Waals surface area contributed by atoms with Gasteiger partial charge in [-0.1, -0.05) is 32.4 Å². The van der Waals surface area contributed by atoms with Crippen LogP contribution >= 0.6 is 11.6 Å². The van der Waals surface area contributed by atoms with Crippen LogP contribution in [0.2, 0.25) is 5.02 Å². The summed E-state index contributed by atoms with van der Waals surface area (Å²) in [4.78, 5) is 16.8. The van der Waals surface area contributed by atoms with Gasteiger partial charge in [-0.3, -0.25) is 9.89 Å². The lowest BCUT2D eigenvalue weighted by Gasteiger charge is -2.41. The fourth-order valence-electron chi connectivity index (χ4n) is 5.01. The molecule has 2 aromatic rings. The van der Waals surface area contributed by atoms with Crippen LogP contribution in [0.1, 0.15) is 58.0 Å². The van der Waals surface area contributed by atoms with Crippen molar-refractivity contribution < 1.29 is 9.53 Å². The first kappa shape index (κ1) is 16.9. The number of rotatable bonds is 4. The van der Waals surface area contributed by atoms with E-state index in [1.54, 1.807) is 4.63 Å². The second kappa shape index (κ2) is 5.47. The monoisotopic (exact) mass is 364 g/mol. The molecule has 2 bridgehead atoms. The zero-order valence-electron chi connectivity index (χ0n) is 15.2. The van der Waals surface area contributed by atoms with Gasteiger partial charge in [0.25, 0.3) is 0 Å².